The van der Waals surface area contributed by atoms with Crippen LogP contribution in [0.4, 0.5) is 27.9 Å². The molecule has 2 saturated heterocycles. The highest BCUT2D eigenvalue weighted by atomic mass is 35.5. The van der Waals surface area contributed by atoms with Gasteiger partial charge in [-0.2, -0.15) is 4.98 Å². The van der Waals surface area contributed by atoms with Crippen molar-refractivity contribution in [1.82, 2.24) is 15.3 Å². The number of nitrogens with one attached hydrogen (secondary N) is 2. The fourth-order valence-corrected chi connectivity index (χ4v) is 7.04. The van der Waals surface area contributed by atoms with Crippen molar-refractivity contribution in [1.29, 1.82) is 0 Å². The van der Waals surface area contributed by atoms with Crippen LogP contribution in [0, 0.1) is 0 Å². The van der Waals surface area contributed by atoms with E-state index < -0.39 is 10.8 Å². The molecular weight excluding hydrogens is 534 g/mol. The molecule has 3 aliphatic heterocycles. The third kappa shape index (κ3) is 5.67. The molecule has 0 spiro atoms. The highest BCUT2D eigenvalue weighted by molar-refractivity contribution is 7.85. The molecule has 6 rings (SSSR count). The number of carbonyl (C=O) groups is 1. The number of benzene rings is 2. The van der Waals surface area contributed by atoms with Crippen molar-refractivity contribution in [3.63, 3.8) is 0 Å². The van der Waals surface area contributed by atoms with Crippen LogP contribution in [-0.2, 0) is 17.2 Å². The van der Waals surface area contributed by atoms with E-state index in [9.17, 15) is 9.00 Å². The standard InChI is InChI=1S/C28H32ClN7O2S/c29-20-8-10-22(11-9-20)34-14-16-35(17-15-34)27-32-24-12-18-39(38)25(24)26(33-27)36-13-4-7-23(36)19-30-28(37)31-21-5-2-1-3-6-21/h1-3,5-6,8-11,23H,4,7,12-19H2,(H2,30,31,37)/t23?,39-/m0/s1. The van der Waals surface area contributed by atoms with Crippen molar-refractivity contribution in [3.05, 3.63) is 65.3 Å². The van der Waals surface area contributed by atoms with Gasteiger partial charge in [0.25, 0.3) is 0 Å². The predicted molar refractivity (Wildman–Crippen MR) is 157 cm³/mol. The number of fused-ring (bicyclic) bond motifs is 1. The Kier molecular flexibility index (Phi) is 7.56. The lowest BCUT2D eigenvalue weighted by atomic mass is 10.2. The Morgan fingerprint density at radius 2 is 1.72 bits per heavy atom. The molecule has 11 heteroatoms. The largest absolute Gasteiger partial charge is 0.368 e. The van der Waals surface area contributed by atoms with Gasteiger partial charge in [0, 0.05) is 73.9 Å². The quantitative estimate of drug-likeness (QED) is 0.468. The number of anilines is 4. The molecule has 204 valence electrons. The Bertz CT molecular complexity index is 1350. The molecule has 1 unspecified atom stereocenters. The maximum atomic E-state index is 13.0. The Labute approximate surface area is 236 Å². The van der Waals surface area contributed by atoms with Gasteiger partial charge in [0.05, 0.1) is 16.5 Å². The minimum atomic E-state index is -1.11. The van der Waals surface area contributed by atoms with Gasteiger partial charge in [-0.3, -0.25) is 4.21 Å². The van der Waals surface area contributed by atoms with E-state index in [4.69, 9.17) is 21.6 Å². The molecule has 2 N–H and O–H groups in total. The molecule has 2 amide bonds. The van der Waals surface area contributed by atoms with Gasteiger partial charge >= 0.3 is 6.03 Å². The molecule has 39 heavy (non-hydrogen) atoms. The summed E-state index contributed by atoms with van der Waals surface area (Å²) in [6.45, 7) is 4.62. The lowest BCUT2D eigenvalue weighted by Gasteiger charge is -2.37. The van der Waals surface area contributed by atoms with Crippen LogP contribution < -0.4 is 25.3 Å². The number of urea groups is 1. The lowest BCUT2D eigenvalue weighted by molar-refractivity contribution is 0.251. The van der Waals surface area contributed by atoms with Crippen molar-refractivity contribution in [3.8, 4) is 0 Å². The SMILES string of the molecule is O=C(NCC1CCCN1c1nc(N2CCN(c3ccc(Cl)cc3)CC2)nc2c1[S@@](=O)CC2)Nc1ccccc1. The molecule has 4 heterocycles. The van der Waals surface area contributed by atoms with E-state index >= 15 is 0 Å². The second-order valence-corrected chi connectivity index (χ2v) is 12.0. The third-order valence-corrected chi connectivity index (χ3v) is 9.29. The van der Waals surface area contributed by atoms with Gasteiger partial charge < -0.3 is 25.3 Å². The van der Waals surface area contributed by atoms with E-state index in [1.54, 1.807) is 0 Å². The van der Waals surface area contributed by atoms with Crippen molar-refractivity contribution in [2.75, 3.05) is 65.0 Å². The van der Waals surface area contributed by atoms with E-state index in [-0.39, 0.29) is 12.1 Å². The van der Waals surface area contributed by atoms with Crippen LogP contribution in [0.5, 0.6) is 0 Å². The molecule has 0 saturated carbocycles. The number of hydrogen-bond donors (Lipinski definition) is 2. The van der Waals surface area contributed by atoms with Gasteiger partial charge in [-0.15, -0.1) is 0 Å². The fraction of sp³-hybridized carbons (Fsp3) is 0.393. The number of piperazine rings is 1. The zero-order valence-corrected chi connectivity index (χ0v) is 23.3. The van der Waals surface area contributed by atoms with Gasteiger partial charge in [-0.1, -0.05) is 29.8 Å². The maximum absolute atomic E-state index is 13.0. The van der Waals surface area contributed by atoms with Crippen molar-refractivity contribution < 1.29 is 9.00 Å². The van der Waals surface area contributed by atoms with E-state index in [1.165, 1.54) is 0 Å². The summed E-state index contributed by atoms with van der Waals surface area (Å²) in [5.41, 5.74) is 2.81. The summed E-state index contributed by atoms with van der Waals surface area (Å²) in [6.07, 6.45) is 2.63. The van der Waals surface area contributed by atoms with E-state index in [0.29, 0.717) is 24.7 Å². The number of halogens is 1. The number of para-hydroxylation sites is 1. The molecule has 2 fully saturated rings. The predicted octanol–water partition coefficient (Wildman–Crippen LogP) is 3.91. The van der Waals surface area contributed by atoms with Gasteiger partial charge in [-0.05, 0) is 49.2 Å². The highest BCUT2D eigenvalue weighted by Crippen LogP contribution is 2.36. The van der Waals surface area contributed by atoms with Crippen molar-refractivity contribution in [2.24, 2.45) is 0 Å². The van der Waals surface area contributed by atoms with E-state index in [1.807, 2.05) is 42.5 Å². The third-order valence-electron chi connectivity index (χ3n) is 7.59. The number of aryl methyl sites for hydroxylation is 1. The molecular formula is C28H32ClN7O2S. The second-order valence-electron chi connectivity index (χ2n) is 10.1. The van der Waals surface area contributed by atoms with Gasteiger partial charge in [0.1, 0.15) is 4.90 Å². The van der Waals surface area contributed by atoms with Crippen LogP contribution in [0.25, 0.3) is 0 Å². The maximum Gasteiger partial charge on any atom is 0.319 e. The zero-order valence-electron chi connectivity index (χ0n) is 21.7. The zero-order chi connectivity index (χ0) is 26.8. The molecule has 3 aromatic rings. The number of amides is 2. The first-order valence-electron chi connectivity index (χ1n) is 13.5. The molecule has 0 radical (unpaired) electrons. The Morgan fingerprint density at radius 3 is 2.49 bits per heavy atom. The van der Waals surface area contributed by atoms with Crippen LogP contribution in [0.2, 0.25) is 5.02 Å². The summed E-state index contributed by atoms with van der Waals surface area (Å²) < 4.78 is 13.0. The Balaban J connectivity index is 1.17. The van der Waals surface area contributed by atoms with Crippen LogP contribution >= 0.6 is 11.6 Å². The minimum Gasteiger partial charge on any atom is -0.368 e. The monoisotopic (exact) mass is 565 g/mol. The van der Waals surface area contributed by atoms with Crippen molar-refractivity contribution >= 4 is 51.6 Å². The first-order valence-corrected chi connectivity index (χ1v) is 15.2. The number of carbonyl (C=O) groups excluding carboxylic acids is 1. The molecule has 0 aliphatic carbocycles. The molecule has 2 aromatic carbocycles. The first kappa shape index (κ1) is 25.9. The average molecular weight is 566 g/mol. The number of rotatable bonds is 6. The van der Waals surface area contributed by atoms with Gasteiger partial charge in [0.15, 0.2) is 5.82 Å². The molecule has 9 nitrogen and oxygen atoms in total. The summed E-state index contributed by atoms with van der Waals surface area (Å²) in [4.78, 5) is 30.0. The van der Waals surface area contributed by atoms with Crippen LogP contribution in [0.3, 0.4) is 0 Å². The van der Waals surface area contributed by atoms with E-state index in [0.717, 1.165) is 78.4 Å². The van der Waals surface area contributed by atoms with Gasteiger partial charge in [0.2, 0.25) is 5.95 Å². The highest BCUT2D eigenvalue weighted by Gasteiger charge is 2.35. The summed E-state index contributed by atoms with van der Waals surface area (Å²) in [6, 6.07) is 17.2. The van der Waals surface area contributed by atoms with Crippen LogP contribution in [0.15, 0.2) is 59.5 Å². The Hall–Kier alpha value is -3.37. The summed E-state index contributed by atoms with van der Waals surface area (Å²) >= 11 is 6.06. The van der Waals surface area contributed by atoms with Crippen molar-refractivity contribution in [2.45, 2.75) is 30.2 Å². The summed E-state index contributed by atoms with van der Waals surface area (Å²) in [5.74, 6) is 2.07. The molecule has 3 aliphatic rings. The number of hydrogen-bond acceptors (Lipinski definition) is 7. The summed E-state index contributed by atoms with van der Waals surface area (Å²) in [7, 11) is -1.11. The van der Waals surface area contributed by atoms with Gasteiger partial charge in [-0.25, -0.2) is 9.78 Å². The average Bonchev–Trinajstić information content (AvgIpc) is 3.59. The molecule has 2 atom stereocenters. The molecule has 1 aromatic heterocycles. The normalized spacial score (nSPS) is 20.7. The molecule has 0 bridgehead atoms. The van der Waals surface area contributed by atoms with E-state index in [2.05, 4.69) is 37.5 Å². The number of aromatic nitrogens is 2. The second kappa shape index (κ2) is 11.4. The lowest BCUT2D eigenvalue weighted by Crippen LogP contribution is -2.47. The minimum absolute atomic E-state index is 0.0812. The topological polar surface area (TPSA) is 93.7 Å². The van der Waals surface area contributed by atoms with Crippen LogP contribution in [0.1, 0.15) is 18.5 Å². The number of nitrogens with zero attached hydrogens (tertiary/aromatic N) is 5. The van der Waals surface area contributed by atoms with Crippen LogP contribution in [-0.4, -0.2) is 71.3 Å². The summed E-state index contributed by atoms with van der Waals surface area (Å²) in [5, 5.41) is 6.63. The smallest absolute Gasteiger partial charge is 0.319 e. The first-order chi connectivity index (χ1) is 19.0. The fourth-order valence-electron chi connectivity index (χ4n) is 5.55. The Morgan fingerprint density at radius 1 is 0.974 bits per heavy atom.